The van der Waals surface area contributed by atoms with Gasteiger partial charge in [0.15, 0.2) is 0 Å². The summed E-state index contributed by atoms with van der Waals surface area (Å²) >= 11 is 0. The first-order valence-corrected chi connectivity index (χ1v) is 9.56. The van der Waals surface area contributed by atoms with Gasteiger partial charge in [-0.15, -0.1) is 0 Å². The number of nitrogens with zero attached hydrogens (tertiary/aromatic N) is 4. The fourth-order valence-electron chi connectivity index (χ4n) is 3.26. The zero-order valence-electron chi connectivity index (χ0n) is 13.0. The Labute approximate surface area is 128 Å². The normalized spacial score (nSPS) is 28.1. The molecule has 2 heterocycles. The molecule has 0 aromatic heterocycles. The summed E-state index contributed by atoms with van der Waals surface area (Å²) in [5.74, 6) is 0.438. The van der Waals surface area contributed by atoms with Gasteiger partial charge < -0.3 is 4.90 Å². The van der Waals surface area contributed by atoms with Crippen LogP contribution in [0.2, 0.25) is 0 Å². The first kappa shape index (κ1) is 16.7. The fourth-order valence-corrected chi connectivity index (χ4v) is 4.20. The molecule has 120 valence electrons. The average molecular weight is 314 g/mol. The molecule has 6 nitrogen and oxygen atoms in total. The largest absolute Gasteiger partial charge is 0.300 e. The molecule has 0 radical (unpaired) electrons. The lowest BCUT2D eigenvalue weighted by Gasteiger charge is -2.39. The lowest BCUT2D eigenvalue weighted by Crippen LogP contribution is -2.51. The van der Waals surface area contributed by atoms with Gasteiger partial charge in [0, 0.05) is 45.8 Å². The molecular formula is C14H26N4O2S. The molecular weight excluding hydrogens is 288 g/mol. The molecule has 0 aromatic carbocycles. The van der Waals surface area contributed by atoms with Gasteiger partial charge in [-0.2, -0.15) is 5.26 Å². The molecule has 2 saturated heterocycles. The molecule has 2 fully saturated rings. The predicted molar refractivity (Wildman–Crippen MR) is 82.2 cm³/mol. The van der Waals surface area contributed by atoms with E-state index in [1.165, 1.54) is 6.26 Å². The molecule has 2 aliphatic heterocycles. The second kappa shape index (κ2) is 7.05. The average Bonchev–Trinajstić information content (AvgIpc) is 2.47. The summed E-state index contributed by atoms with van der Waals surface area (Å²) in [6, 6.07) is 2.28. The highest BCUT2D eigenvalue weighted by atomic mass is 32.2. The highest BCUT2D eigenvalue weighted by Crippen LogP contribution is 2.20. The molecule has 2 rings (SSSR count). The SMILES string of the molecule is CC(C#N)N1CCN(CC2CCCN(S(C)(=O)=O)C2)CC1. The number of piperidine rings is 1. The number of sulfonamides is 1. The van der Waals surface area contributed by atoms with Gasteiger partial charge in [-0.3, -0.25) is 4.90 Å². The zero-order chi connectivity index (χ0) is 15.5. The summed E-state index contributed by atoms with van der Waals surface area (Å²) in [5.41, 5.74) is 0. The fraction of sp³-hybridized carbons (Fsp3) is 0.929. The smallest absolute Gasteiger partial charge is 0.211 e. The van der Waals surface area contributed by atoms with E-state index < -0.39 is 10.0 Å². The van der Waals surface area contributed by atoms with Crippen LogP contribution in [0.15, 0.2) is 0 Å². The molecule has 2 aliphatic rings. The first-order chi connectivity index (χ1) is 9.90. The van der Waals surface area contributed by atoms with Crippen LogP contribution in [0.5, 0.6) is 0 Å². The molecule has 2 unspecified atom stereocenters. The van der Waals surface area contributed by atoms with E-state index in [0.29, 0.717) is 19.0 Å². The van der Waals surface area contributed by atoms with Crippen LogP contribution in [0.3, 0.4) is 0 Å². The van der Waals surface area contributed by atoms with Crippen molar-refractivity contribution in [1.29, 1.82) is 5.26 Å². The van der Waals surface area contributed by atoms with Gasteiger partial charge in [0.25, 0.3) is 0 Å². The predicted octanol–water partition coefficient (Wildman–Crippen LogP) is 0.188. The monoisotopic (exact) mass is 314 g/mol. The standard InChI is InChI=1S/C14H26N4O2S/c1-13(10-15)17-8-6-16(7-9-17)11-14-4-3-5-18(12-14)21(2,19)20/h13-14H,3-9,11-12H2,1-2H3. The van der Waals surface area contributed by atoms with Gasteiger partial charge in [-0.25, -0.2) is 12.7 Å². The third kappa shape index (κ3) is 4.65. The summed E-state index contributed by atoms with van der Waals surface area (Å²) in [7, 11) is -3.05. The molecule has 0 aliphatic carbocycles. The Balaban J connectivity index is 1.80. The Morgan fingerprint density at radius 3 is 2.48 bits per heavy atom. The minimum absolute atomic E-state index is 0.0115. The van der Waals surface area contributed by atoms with Crippen molar-refractivity contribution >= 4 is 10.0 Å². The topological polar surface area (TPSA) is 67.7 Å². The van der Waals surface area contributed by atoms with Crippen LogP contribution < -0.4 is 0 Å². The minimum atomic E-state index is -3.05. The van der Waals surface area contributed by atoms with E-state index in [2.05, 4.69) is 15.9 Å². The lowest BCUT2D eigenvalue weighted by molar-refractivity contribution is 0.0951. The van der Waals surface area contributed by atoms with Gasteiger partial charge in [0.05, 0.1) is 18.4 Å². The number of piperazine rings is 1. The highest BCUT2D eigenvalue weighted by Gasteiger charge is 2.28. The van der Waals surface area contributed by atoms with Crippen LogP contribution in [0.4, 0.5) is 0 Å². The molecule has 21 heavy (non-hydrogen) atoms. The molecule has 2 atom stereocenters. The van der Waals surface area contributed by atoms with E-state index in [4.69, 9.17) is 5.26 Å². The van der Waals surface area contributed by atoms with Crippen LogP contribution in [0, 0.1) is 17.2 Å². The number of hydrogen-bond donors (Lipinski definition) is 0. The number of hydrogen-bond acceptors (Lipinski definition) is 5. The van der Waals surface area contributed by atoms with Crippen molar-refractivity contribution in [3.8, 4) is 6.07 Å². The summed E-state index contributed by atoms with van der Waals surface area (Å²) in [6.45, 7) is 8.05. The molecule has 0 aromatic rings. The number of nitriles is 1. The molecule has 0 saturated carbocycles. The van der Waals surface area contributed by atoms with Crippen molar-refractivity contribution in [2.45, 2.75) is 25.8 Å². The van der Waals surface area contributed by atoms with Crippen molar-refractivity contribution < 1.29 is 8.42 Å². The molecule has 0 spiro atoms. The van der Waals surface area contributed by atoms with Crippen LogP contribution in [-0.4, -0.2) is 80.6 Å². The molecule has 7 heteroatoms. The van der Waals surface area contributed by atoms with E-state index >= 15 is 0 Å². The molecule has 0 bridgehead atoms. The maximum atomic E-state index is 11.7. The van der Waals surface area contributed by atoms with E-state index in [9.17, 15) is 8.42 Å². The molecule has 0 N–H and O–H groups in total. The van der Waals surface area contributed by atoms with Crippen LogP contribution >= 0.6 is 0 Å². The maximum absolute atomic E-state index is 11.7. The second-order valence-corrected chi connectivity index (χ2v) is 8.25. The van der Waals surface area contributed by atoms with Crippen molar-refractivity contribution in [3.05, 3.63) is 0 Å². The van der Waals surface area contributed by atoms with E-state index in [0.717, 1.165) is 45.6 Å². The summed E-state index contributed by atoms with van der Waals surface area (Å²) in [5, 5.41) is 8.95. The maximum Gasteiger partial charge on any atom is 0.211 e. The minimum Gasteiger partial charge on any atom is -0.300 e. The Morgan fingerprint density at radius 1 is 1.24 bits per heavy atom. The van der Waals surface area contributed by atoms with Gasteiger partial charge >= 0.3 is 0 Å². The van der Waals surface area contributed by atoms with Gasteiger partial charge in [-0.1, -0.05) is 0 Å². The summed E-state index contributed by atoms with van der Waals surface area (Å²) in [6.07, 6.45) is 3.38. The Hall–Kier alpha value is -0.680. The van der Waals surface area contributed by atoms with Crippen LogP contribution in [0.1, 0.15) is 19.8 Å². The first-order valence-electron chi connectivity index (χ1n) is 7.71. The van der Waals surface area contributed by atoms with E-state index in [-0.39, 0.29) is 6.04 Å². The van der Waals surface area contributed by atoms with E-state index in [1.54, 1.807) is 4.31 Å². The van der Waals surface area contributed by atoms with Crippen molar-refractivity contribution in [2.24, 2.45) is 5.92 Å². The number of rotatable bonds is 4. The Kier molecular flexibility index (Phi) is 5.60. The quantitative estimate of drug-likeness (QED) is 0.741. The third-order valence-corrected chi connectivity index (χ3v) is 5.88. The summed E-state index contributed by atoms with van der Waals surface area (Å²) in [4.78, 5) is 4.62. The summed E-state index contributed by atoms with van der Waals surface area (Å²) < 4.78 is 24.9. The van der Waals surface area contributed by atoms with Gasteiger partial charge in [0.1, 0.15) is 0 Å². The van der Waals surface area contributed by atoms with Gasteiger partial charge in [0.2, 0.25) is 10.0 Å². The molecule has 0 amide bonds. The van der Waals surface area contributed by atoms with Crippen molar-refractivity contribution in [3.63, 3.8) is 0 Å². The van der Waals surface area contributed by atoms with Crippen molar-refractivity contribution in [2.75, 3.05) is 52.1 Å². The third-order valence-electron chi connectivity index (χ3n) is 4.61. The Morgan fingerprint density at radius 2 is 1.90 bits per heavy atom. The zero-order valence-corrected chi connectivity index (χ0v) is 13.8. The van der Waals surface area contributed by atoms with E-state index in [1.807, 2.05) is 6.92 Å². The van der Waals surface area contributed by atoms with Crippen molar-refractivity contribution in [1.82, 2.24) is 14.1 Å². The van der Waals surface area contributed by atoms with Gasteiger partial charge in [-0.05, 0) is 25.7 Å². The second-order valence-electron chi connectivity index (χ2n) is 6.27. The Bertz CT molecular complexity index is 480. The lowest BCUT2D eigenvalue weighted by atomic mass is 9.98. The van der Waals surface area contributed by atoms with Crippen LogP contribution in [-0.2, 0) is 10.0 Å². The highest BCUT2D eigenvalue weighted by molar-refractivity contribution is 7.88. The van der Waals surface area contributed by atoms with Crippen LogP contribution in [0.25, 0.3) is 0 Å².